The summed E-state index contributed by atoms with van der Waals surface area (Å²) < 4.78 is 5.31. The van der Waals surface area contributed by atoms with Gasteiger partial charge in [0.05, 0.1) is 5.56 Å². The SMILES string of the molecule is Cc1ccc(-c2cc(CCC(=O)c3cccnc3Cl)on2)cc1. The van der Waals surface area contributed by atoms with Crippen molar-refractivity contribution in [2.24, 2.45) is 0 Å². The monoisotopic (exact) mass is 326 g/mol. The maximum absolute atomic E-state index is 12.2. The lowest BCUT2D eigenvalue weighted by Crippen LogP contribution is -2.02. The highest BCUT2D eigenvalue weighted by molar-refractivity contribution is 6.32. The Labute approximate surface area is 139 Å². The summed E-state index contributed by atoms with van der Waals surface area (Å²) in [5.74, 6) is 0.616. The van der Waals surface area contributed by atoms with Crippen LogP contribution in [0.25, 0.3) is 11.3 Å². The molecule has 116 valence electrons. The topological polar surface area (TPSA) is 56.0 Å². The molecule has 1 aromatic carbocycles. The van der Waals surface area contributed by atoms with Crippen molar-refractivity contribution in [3.05, 3.63) is 70.7 Å². The molecular weight excluding hydrogens is 312 g/mol. The van der Waals surface area contributed by atoms with E-state index in [1.165, 1.54) is 5.56 Å². The van der Waals surface area contributed by atoms with Crippen molar-refractivity contribution in [3.63, 3.8) is 0 Å². The number of hydrogen-bond acceptors (Lipinski definition) is 4. The number of aryl methyl sites for hydroxylation is 2. The molecular formula is C18H15ClN2O2. The maximum atomic E-state index is 12.2. The predicted octanol–water partition coefficient (Wildman–Crippen LogP) is 4.51. The summed E-state index contributed by atoms with van der Waals surface area (Å²) in [6, 6.07) is 13.3. The van der Waals surface area contributed by atoms with Gasteiger partial charge in [-0.25, -0.2) is 4.98 Å². The van der Waals surface area contributed by atoms with E-state index < -0.39 is 0 Å². The molecule has 2 aromatic heterocycles. The number of halogens is 1. The van der Waals surface area contributed by atoms with Crippen molar-refractivity contribution < 1.29 is 9.32 Å². The second-order valence-electron chi connectivity index (χ2n) is 5.31. The molecule has 3 rings (SSSR count). The Morgan fingerprint density at radius 2 is 2.00 bits per heavy atom. The Morgan fingerprint density at radius 1 is 1.22 bits per heavy atom. The lowest BCUT2D eigenvalue weighted by molar-refractivity contribution is 0.0980. The molecule has 0 aliphatic rings. The summed E-state index contributed by atoms with van der Waals surface area (Å²) in [6.07, 6.45) is 2.33. The van der Waals surface area contributed by atoms with Crippen molar-refractivity contribution in [2.45, 2.75) is 19.8 Å². The minimum absolute atomic E-state index is 0.0589. The van der Waals surface area contributed by atoms with E-state index in [1.807, 2.05) is 37.3 Å². The molecule has 23 heavy (non-hydrogen) atoms. The van der Waals surface area contributed by atoms with Crippen molar-refractivity contribution in [3.8, 4) is 11.3 Å². The molecule has 0 aliphatic carbocycles. The summed E-state index contributed by atoms with van der Waals surface area (Å²) in [4.78, 5) is 16.1. The molecule has 0 atom stereocenters. The van der Waals surface area contributed by atoms with Crippen LogP contribution in [0, 0.1) is 6.92 Å². The lowest BCUT2D eigenvalue weighted by atomic mass is 10.1. The van der Waals surface area contributed by atoms with Gasteiger partial charge in [0.1, 0.15) is 16.6 Å². The van der Waals surface area contributed by atoms with Gasteiger partial charge in [0.2, 0.25) is 0 Å². The Hall–Kier alpha value is -2.46. The molecule has 0 fully saturated rings. The van der Waals surface area contributed by atoms with Crippen LogP contribution in [0.4, 0.5) is 0 Å². The predicted molar refractivity (Wildman–Crippen MR) is 88.6 cm³/mol. The number of carbonyl (C=O) groups is 1. The number of carbonyl (C=O) groups excluding carboxylic acids is 1. The van der Waals surface area contributed by atoms with E-state index in [9.17, 15) is 4.79 Å². The van der Waals surface area contributed by atoms with Gasteiger partial charge < -0.3 is 4.52 Å². The number of rotatable bonds is 5. The number of Topliss-reactive ketones (excluding diaryl/α,β-unsaturated/α-hetero) is 1. The first-order chi connectivity index (χ1) is 11.1. The zero-order valence-electron chi connectivity index (χ0n) is 12.6. The van der Waals surface area contributed by atoms with Gasteiger partial charge in [0.15, 0.2) is 5.78 Å². The summed E-state index contributed by atoms with van der Waals surface area (Å²) in [5.41, 5.74) is 3.39. The van der Waals surface area contributed by atoms with E-state index in [4.69, 9.17) is 16.1 Å². The number of benzene rings is 1. The highest BCUT2D eigenvalue weighted by Crippen LogP contribution is 2.21. The van der Waals surface area contributed by atoms with Crippen LogP contribution < -0.4 is 0 Å². The fraction of sp³-hybridized carbons (Fsp3) is 0.167. The molecule has 0 saturated heterocycles. The van der Waals surface area contributed by atoms with Gasteiger partial charge in [0, 0.05) is 30.7 Å². The third-order valence-electron chi connectivity index (χ3n) is 3.56. The van der Waals surface area contributed by atoms with Crippen LogP contribution in [0.2, 0.25) is 5.15 Å². The molecule has 2 heterocycles. The van der Waals surface area contributed by atoms with Crippen molar-refractivity contribution in [1.82, 2.24) is 10.1 Å². The smallest absolute Gasteiger partial charge is 0.166 e. The van der Waals surface area contributed by atoms with E-state index in [0.29, 0.717) is 24.2 Å². The van der Waals surface area contributed by atoms with Gasteiger partial charge in [-0.2, -0.15) is 0 Å². The van der Waals surface area contributed by atoms with E-state index in [-0.39, 0.29) is 10.9 Å². The van der Waals surface area contributed by atoms with Gasteiger partial charge in [-0.3, -0.25) is 4.79 Å². The van der Waals surface area contributed by atoms with E-state index in [1.54, 1.807) is 18.3 Å². The quantitative estimate of drug-likeness (QED) is 0.511. The molecule has 0 aliphatic heterocycles. The zero-order valence-corrected chi connectivity index (χ0v) is 13.4. The van der Waals surface area contributed by atoms with Crippen molar-refractivity contribution in [2.75, 3.05) is 0 Å². The first-order valence-corrected chi connectivity index (χ1v) is 7.67. The number of aromatic nitrogens is 2. The molecule has 0 saturated carbocycles. The molecule has 5 heteroatoms. The van der Waals surface area contributed by atoms with Crippen LogP contribution in [0.3, 0.4) is 0 Å². The van der Waals surface area contributed by atoms with E-state index in [0.717, 1.165) is 11.3 Å². The third-order valence-corrected chi connectivity index (χ3v) is 3.87. The Kier molecular flexibility index (Phi) is 4.53. The van der Waals surface area contributed by atoms with Gasteiger partial charge in [-0.05, 0) is 19.1 Å². The number of pyridine rings is 1. The van der Waals surface area contributed by atoms with Gasteiger partial charge >= 0.3 is 0 Å². The standard InChI is InChI=1S/C18H15ClN2O2/c1-12-4-6-13(7-5-12)16-11-14(23-21-16)8-9-17(22)15-3-2-10-20-18(15)19/h2-7,10-11H,8-9H2,1H3. The zero-order chi connectivity index (χ0) is 16.2. The summed E-state index contributed by atoms with van der Waals surface area (Å²) >= 11 is 5.93. The largest absolute Gasteiger partial charge is 0.361 e. The lowest BCUT2D eigenvalue weighted by Gasteiger charge is -2.00. The van der Waals surface area contributed by atoms with E-state index in [2.05, 4.69) is 10.1 Å². The molecule has 4 nitrogen and oxygen atoms in total. The minimum Gasteiger partial charge on any atom is -0.361 e. The van der Waals surface area contributed by atoms with E-state index >= 15 is 0 Å². The fourth-order valence-electron chi connectivity index (χ4n) is 2.26. The molecule has 0 bridgehead atoms. The highest BCUT2D eigenvalue weighted by atomic mass is 35.5. The third kappa shape index (κ3) is 3.66. The van der Waals surface area contributed by atoms with Crippen molar-refractivity contribution >= 4 is 17.4 Å². The second kappa shape index (κ2) is 6.75. The Balaban J connectivity index is 1.67. The first kappa shape index (κ1) is 15.4. The Bertz CT molecular complexity index is 825. The van der Waals surface area contributed by atoms with Gasteiger partial charge in [-0.1, -0.05) is 46.6 Å². The summed E-state index contributed by atoms with van der Waals surface area (Å²) in [5, 5.41) is 4.29. The van der Waals surface area contributed by atoms with Crippen LogP contribution in [-0.4, -0.2) is 15.9 Å². The fourth-order valence-corrected chi connectivity index (χ4v) is 2.48. The van der Waals surface area contributed by atoms with Crippen molar-refractivity contribution in [1.29, 1.82) is 0 Å². The molecule has 0 spiro atoms. The maximum Gasteiger partial charge on any atom is 0.166 e. The van der Waals surface area contributed by atoms with Gasteiger partial charge in [0.25, 0.3) is 0 Å². The second-order valence-corrected chi connectivity index (χ2v) is 5.67. The van der Waals surface area contributed by atoms with Crippen LogP contribution in [-0.2, 0) is 6.42 Å². The molecule has 0 amide bonds. The Morgan fingerprint density at radius 3 is 2.74 bits per heavy atom. The van der Waals surface area contributed by atoms with Crippen LogP contribution in [0.5, 0.6) is 0 Å². The van der Waals surface area contributed by atoms with Crippen LogP contribution in [0.15, 0.2) is 53.2 Å². The molecule has 0 radical (unpaired) electrons. The summed E-state index contributed by atoms with van der Waals surface area (Å²) in [7, 11) is 0. The first-order valence-electron chi connectivity index (χ1n) is 7.30. The number of hydrogen-bond donors (Lipinski definition) is 0. The van der Waals surface area contributed by atoms with Gasteiger partial charge in [-0.15, -0.1) is 0 Å². The molecule has 3 aromatic rings. The average Bonchev–Trinajstić information content (AvgIpc) is 3.03. The molecule has 0 N–H and O–H groups in total. The number of nitrogens with zero attached hydrogens (tertiary/aromatic N) is 2. The average molecular weight is 327 g/mol. The highest BCUT2D eigenvalue weighted by Gasteiger charge is 2.13. The number of ketones is 1. The summed E-state index contributed by atoms with van der Waals surface area (Å²) in [6.45, 7) is 2.03. The molecule has 0 unspecified atom stereocenters. The van der Waals surface area contributed by atoms with Crippen LogP contribution in [0.1, 0.15) is 28.1 Å². The normalized spacial score (nSPS) is 10.7. The van der Waals surface area contributed by atoms with Crippen LogP contribution >= 0.6 is 11.6 Å². The minimum atomic E-state index is -0.0589.